The Bertz CT molecular complexity index is 472. The molecule has 0 fully saturated rings. The molecule has 0 radical (unpaired) electrons. The average Bonchev–Trinajstić information content (AvgIpc) is 3.03. The molecule has 7 heteroatoms. The van der Waals surface area contributed by atoms with E-state index in [0.29, 0.717) is 19.1 Å². The zero-order valence-electron chi connectivity index (χ0n) is 13.7. The molecule has 3 N–H and O–H groups in total. The maximum atomic E-state index is 11.6. The predicted octanol–water partition coefficient (Wildman–Crippen LogP) is 0.953. The third-order valence-corrected chi connectivity index (χ3v) is 4.39. The third-order valence-electron chi connectivity index (χ3n) is 3.15. The number of nitrogens with one attached hydrogen (secondary N) is 3. The number of hydrogen-bond acceptors (Lipinski definition) is 4. The summed E-state index contributed by atoms with van der Waals surface area (Å²) in [7, 11) is 3.29. The molecule has 1 aromatic rings. The Kier molecular flexibility index (Phi) is 7.90. The lowest BCUT2D eigenvalue weighted by Gasteiger charge is -2.25. The topological polar surface area (TPSA) is 74.8 Å². The van der Waals surface area contributed by atoms with E-state index in [1.807, 2.05) is 0 Å². The second-order valence-electron chi connectivity index (χ2n) is 5.48. The van der Waals surface area contributed by atoms with Gasteiger partial charge in [-0.1, -0.05) is 19.9 Å². The van der Waals surface area contributed by atoms with E-state index in [9.17, 15) is 4.79 Å². The largest absolute Gasteiger partial charge is 0.383 e. The number of hydrogen-bond donors (Lipinski definition) is 3. The monoisotopic (exact) mass is 326 g/mol. The number of rotatable bonds is 8. The zero-order chi connectivity index (χ0) is 16.4. The van der Waals surface area contributed by atoms with E-state index in [1.165, 1.54) is 4.88 Å². The second-order valence-corrected chi connectivity index (χ2v) is 6.43. The maximum absolute atomic E-state index is 11.6. The van der Waals surface area contributed by atoms with Crippen LogP contribution in [-0.2, 0) is 14.9 Å². The third kappa shape index (κ3) is 6.44. The zero-order valence-corrected chi connectivity index (χ0v) is 14.5. The number of nitrogens with zero attached hydrogens (tertiary/aromatic N) is 1. The number of methoxy groups -OCH3 is 1. The van der Waals surface area contributed by atoms with Crippen LogP contribution in [0.15, 0.2) is 22.5 Å². The summed E-state index contributed by atoms with van der Waals surface area (Å²) in [5.41, 5.74) is 0.00646. The van der Waals surface area contributed by atoms with Crippen LogP contribution < -0.4 is 16.0 Å². The van der Waals surface area contributed by atoms with Crippen LogP contribution in [0, 0.1) is 0 Å². The van der Waals surface area contributed by atoms with Crippen molar-refractivity contribution in [3.8, 4) is 0 Å². The Hall–Kier alpha value is -1.60. The van der Waals surface area contributed by atoms with Crippen molar-refractivity contribution in [1.29, 1.82) is 0 Å². The molecule has 0 spiro atoms. The molecule has 1 rings (SSSR count). The Labute approximate surface area is 136 Å². The van der Waals surface area contributed by atoms with Crippen molar-refractivity contribution in [3.63, 3.8) is 0 Å². The van der Waals surface area contributed by atoms with Crippen LogP contribution in [0.3, 0.4) is 0 Å². The van der Waals surface area contributed by atoms with Crippen molar-refractivity contribution in [2.24, 2.45) is 4.99 Å². The number of guanidine groups is 1. The van der Waals surface area contributed by atoms with E-state index in [1.54, 1.807) is 25.5 Å². The van der Waals surface area contributed by atoms with Crippen molar-refractivity contribution in [3.05, 3.63) is 22.4 Å². The summed E-state index contributed by atoms with van der Waals surface area (Å²) in [5.74, 6) is 0.532. The van der Waals surface area contributed by atoms with E-state index < -0.39 is 0 Å². The Balaban J connectivity index is 2.35. The van der Waals surface area contributed by atoms with Gasteiger partial charge in [0.15, 0.2) is 5.96 Å². The summed E-state index contributed by atoms with van der Waals surface area (Å²) >= 11 is 1.74. The lowest BCUT2D eigenvalue weighted by Crippen LogP contribution is -2.46. The van der Waals surface area contributed by atoms with Gasteiger partial charge in [0.2, 0.25) is 5.91 Å². The van der Waals surface area contributed by atoms with Gasteiger partial charge in [-0.3, -0.25) is 9.79 Å². The first-order chi connectivity index (χ1) is 10.5. The molecule has 0 saturated heterocycles. The predicted molar refractivity (Wildman–Crippen MR) is 91.6 cm³/mol. The van der Waals surface area contributed by atoms with Gasteiger partial charge in [-0.2, -0.15) is 0 Å². The molecule has 0 aliphatic carbocycles. The Morgan fingerprint density at radius 3 is 2.73 bits per heavy atom. The highest BCUT2D eigenvalue weighted by atomic mass is 32.1. The molecular weight excluding hydrogens is 300 g/mol. The number of ether oxygens (including phenoxy) is 1. The molecule has 0 bridgehead atoms. The number of aliphatic imine (C=N–C) groups is 1. The number of carbonyl (C=O) groups is 1. The van der Waals surface area contributed by atoms with Crippen molar-refractivity contribution in [2.75, 3.05) is 40.4 Å². The van der Waals surface area contributed by atoms with Crippen LogP contribution in [-0.4, -0.2) is 52.3 Å². The summed E-state index contributed by atoms with van der Waals surface area (Å²) in [4.78, 5) is 17.1. The van der Waals surface area contributed by atoms with Gasteiger partial charge in [-0.15, -0.1) is 11.3 Å². The fraction of sp³-hybridized carbons (Fsp3) is 0.600. The summed E-state index contributed by atoms with van der Waals surface area (Å²) in [6, 6.07) is 4.19. The fourth-order valence-corrected chi connectivity index (χ4v) is 2.65. The number of carbonyl (C=O) groups excluding carboxylic acids is 1. The standard InChI is InChI=1S/C15H26N4O2S/c1-15(2,12-6-5-9-22-12)11-19-14(16-3)18-10-13(20)17-7-8-21-4/h5-6,9H,7-8,10-11H2,1-4H3,(H,17,20)(H2,16,18,19). The van der Waals surface area contributed by atoms with Gasteiger partial charge in [0.25, 0.3) is 0 Å². The van der Waals surface area contributed by atoms with E-state index in [-0.39, 0.29) is 17.9 Å². The van der Waals surface area contributed by atoms with Crippen LogP contribution in [0.25, 0.3) is 0 Å². The second kappa shape index (κ2) is 9.42. The fourth-order valence-electron chi connectivity index (χ4n) is 1.80. The molecule has 1 amide bonds. The van der Waals surface area contributed by atoms with Gasteiger partial charge < -0.3 is 20.7 Å². The summed E-state index contributed by atoms with van der Waals surface area (Å²) in [5, 5.41) is 11.1. The average molecular weight is 326 g/mol. The van der Waals surface area contributed by atoms with E-state index in [2.05, 4.69) is 52.3 Å². The minimum atomic E-state index is -0.0856. The van der Waals surface area contributed by atoms with Gasteiger partial charge in [0.1, 0.15) is 0 Å². The first kappa shape index (κ1) is 18.4. The van der Waals surface area contributed by atoms with E-state index in [0.717, 1.165) is 6.54 Å². The lowest BCUT2D eigenvalue weighted by atomic mass is 9.91. The van der Waals surface area contributed by atoms with Crippen molar-refractivity contribution < 1.29 is 9.53 Å². The number of thiophene rings is 1. The molecule has 0 atom stereocenters. The van der Waals surface area contributed by atoms with Gasteiger partial charge in [0.05, 0.1) is 13.2 Å². The van der Waals surface area contributed by atoms with Crippen LogP contribution in [0.2, 0.25) is 0 Å². The molecule has 1 heterocycles. The van der Waals surface area contributed by atoms with Crippen molar-refractivity contribution in [2.45, 2.75) is 19.3 Å². The molecule has 0 aromatic carbocycles. The van der Waals surface area contributed by atoms with Crippen LogP contribution in [0.4, 0.5) is 0 Å². The summed E-state index contributed by atoms with van der Waals surface area (Å²) in [6.45, 7) is 6.29. The summed E-state index contributed by atoms with van der Waals surface area (Å²) in [6.07, 6.45) is 0. The first-order valence-corrected chi connectivity index (χ1v) is 8.11. The van der Waals surface area contributed by atoms with Crippen LogP contribution in [0.1, 0.15) is 18.7 Å². The number of amides is 1. The summed E-state index contributed by atoms with van der Waals surface area (Å²) < 4.78 is 4.88. The molecular formula is C15H26N4O2S. The quantitative estimate of drug-likeness (QED) is 0.378. The highest BCUT2D eigenvalue weighted by molar-refractivity contribution is 7.10. The van der Waals surface area contributed by atoms with Crippen molar-refractivity contribution in [1.82, 2.24) is 16.0 Å². The van der Waals surface area contributed by atoms with Gasteiger partial charge >= 0.3 is 0 Å². The molecule has 22 heavy (non-hydrogen) atoms. The van der Waals surface area contributed by atoms with Gasteiger partial charge in [-0.05, 0) is 11.4 Å². The van der Waals surface area contributed by atoms with Gasteiger partial charge in [-0.25, -0.2) is 0 Å². The highest BCUT2D eigenvalue weighted by Gasteiger charge is 2.21. The minimum Gasteiger partial charge on any atom is -0.383 e. The Morgan fingerprint density at radius 2 is 2.14 bits per heavy atom. The lowest BCUT2D eigenvalue weighted by molar-refractivity contribution is -0.120. The van der Waals surface area contributed by atoms with Crippen LogP contribution in [0.5, 0.6) is 0 Å². The molecule has 0 saturated carbocycles. The normalized spacial score (nSPS) is 12.1. The molecule has 6 nitrogen and oxygen atoms in total. The molecule has 124 valence electrons. The van der Waals surface area contributed by atoms with E-state index >= 15 is 0 Å². The minimum absolute atomic E-state index is 0.00646. The molecule has 0 unspecified atom stereocenters. The van der Waals surface area contributed by atoms with E-state index in [4.69, 9.17) is 4.74 Å². The highest BCUT2D eigenvalue weighted by Crippen LogP contribution is 2.26. The van der Waals surface area contributed by atoms with Crippen molar-refractivity contribution >= 4 is 23.2 Å². The maximum Gasteiger partial charge on any atom is 0.239 e. The molecule has 0 aliphatic heterocycles. The molecule has 0 aliphatic rings. The smallest absolute Gasteiger partial charge is 0.239 e. The molecule has 1 aromatic heterocycles. The van der Waals surface area contributed by atoms with Crippen LogP contribution >= 0.6 is 11.3 Å². The van der Waals surface area contributed by atoms with Gasteiger partial charge in [0, 0.05) is 37.5 Å². The SMILES string of the molecule is CN=C(NCC(=O)NCCOC)NCC(C)(C)c1cccs1. The first-order valence-electron chi connectivity index (χ1n) is 7.23. The Morgan fingerprint density at radius 1 is 1.36 bits per heavy atom.